The summed E-state index contributed by atoms with van der Waals surface area (Å²) in [7, 11) is 0. The monoisotopic (exact) mass is 286 g/mol. The van der Waals surface area contributed by atoms with E-state index in [9.17, 15) is 9.59 Å². The van der Waals surface area contributed by atoms with Gasteiger partial charge in [-0.05, 0) is 31.9 Å². The van der Waals surface area contributed by atoms with E-state index in [4.69, 9.17) is 5.73 Å². The minimum Gasteiger partial charge on any atom is -0.364 e. The zero-order valence-corrected chi connectivity index (χ0v) is 11.6. The van der Waals surface area contributed by atoms with Crippen molar-refractivity contribution >= 4 is 29.9 Å². The summed E-state index contributed by atoms with van der Waals surface area (Å²) in [4.78, 5) is 25.9. The number of nitrogens with one attached hydrogen (secondary N) is 3. The van der Waals surface area contributed by atoms with Crippen molar-refractivity contribution in [1.29, 1.82) is 0 Å². The third-order valence-electron chi connectivity index (χ3n) is 3.49. The van der Waals surface area contributed by atoms with Gasteiger partial charge in [-0.25, -0.2) is 0 Å². The molecular formula is C12H19ClN4O2. The molecule has 6 nitrogen and oxygen atoms in total. The molecule has 1 saturated heterocycles. The number of aromatic nitrogens is 1. The number of anilines is 1. The van der Waals surface area contributed by atoms with E-state index in [1.165, 1.54) is 0 Å². The van der Waals surface area contributed by atoms with Gasteiger partial charge in [0.05, 0.1) is 11.2 Å². The van der Waals surface area contributed by atoms with E-state index in [0.717, 1.165) is 25.8 Å². The minimum atomic E-state index is -0.542. The van der Waals surface area contributed by atoms with E-state index in [-0.39, 0.29) is 24.0 Å². The van der Waals surface area contributed by atoms with Crippen LogP contribution in [0, 0.1) is 0 Å². The summed E-state index contributed by atoms with van der Waals surface area (Å²) in [6.07, 6.45) is 4.14. The Hall–Kier alpha value is -1.53. The first kappa shape index (κ1) is 15.5. The maximum Gasteiger partial charge on any atom is 0.265 e. The normalized spacial score (nSPS) is 21.7. The maximum absolute atomic E-state index is 12.2. The zero-order valence-electron chi connectivity index (χ0n) is 10.8. The molecule has 2 rings (SSSR count). The number of H-pyrrole nitrogens is 1. The van der Waals surface area contributed by atoms with E-state index in [2.05, 4.69) is 15.6 Å². The quantitative estimate of drug-likeness (QED) is 0.664. The molecule has 7 heteroatoms. The molecule has 0 aliphatic carbocycles. The minimum absolute atomic E-state index is 0. The molecule has 19 heavy (non-hydrogen) atoms. The second-order valence-electron chi connectivity index (χ2n) is 4.59. The summed E-state index contributed by atoms with van der Waals surface area (Å²) in [6.45, 7) is 2.85. The van der Waals surface area contributed by atoms with E-state index < -0.39 is 11.4 Å². The van der Waals surface area contributed by atoms with Crippen LogP contribution in [0.5, 0.6) is 0 Å². The molecule has 0 bridgehead atoms. The van der Waals surface area contributed by atoms with Crippen LogP contribution in [0.4, 0.5) is 5.69 Å². The molecule has 0 spiro atoms. The number of rotatable bonds is 4. The van der Waals surface area contributed by atoms with E-state index >= 15 is 0 Å². The van der Waals surface area contributed by atoms with Crippen LogP contribution in [0.2, 0.25) is 0 Å². The van der Waals surface area contributed by atoms with Crippen LogP contribution in [0.3, 0.4) is 0 Å². The van der Waals surface area contributed by atoms with Gasteiger partial charge in [-0.3, -0.25) is 9.59 Å². The average molecular weight is 287 g/mol. The first-order valence-corrected chi connectivity index (χ1v) is 6.12. The Morgan fingerprint density at radius 1 is 1.53 bits per heavy atom. The fraction of sp³-hybridized carbons (Fsp3) is 0.500. The van der Waals surface area contributed by atoms with Crippen molar-refractivity contribution in [3.63, 3.8) is 0 Å². The number of halogens is 1. The van der Waals surface area contributed by atoms with Gasteiger partial charge in [-0.15, -0.1) is 12.4 Å². The Labute approximate surface area is 117 Å². The van der Waals surface area contributed by atoms with E-state index in [0.29, 0.717) is 5.69 Å². The lowest BCUT2D eigenvalue weighted by molar-refractivity contribution is -0.122. The number of carbonyl (C=O) groups is 2. The number of carbonyl (C=O) groups excluding carboxylic acids is 2. The summed E-state index contributed by atoms with van der Waals surface area (Å²) in [6, 6.07) is 1.54. The molecular weight excluding hydrogens is 268 g/mol. The van der Waals surface area contributed by atoms with Crippen LogP contribution in [0.25, 0.3) is 0 Å². The number of hydrogen-bond donors (Lipinski definition) is 4. The molecule has 1 unspecified atom stereocenters. The standard InChI is InChI=1S/C12H18N4O2.ClH/c1-2-12(4-3-5-15-12)11(18)16-8-6-9(10(13)17)14-7-8;/h6-7,14-15H,2-5H2,1H3,(H2,13,17)(H,16,18);1H. The Kier molecular flexibility index (Phi) is 4.97. The van der Waals surface area contributed by atoms with Gasteiger partial charge in [0.1, 0.15) is 5.69 Å². The second kappa shape index (κ2) is 6.08. The van der Waals surface area contributed by atoms with Crippen molar-refractivity contribution in [1.82, 2.24) is 10.3 Å². The molecule has 5 N–H and O–H groups in total. The summed E-state index contributed by atoms with van der Waals surface area (Å²) in [5, 5.41) is 6.07. The third kappa shape index (κ3) is 3.08. The highest BCUT2D eigenvalue weighted by Crippen LogP contribution is 2.25. The molecule has 2 amide bonds. The Balaban J connectivity index is 0.00000180. The van der Waals surface area contributed by atoms with Crippen molar-refractivity contribution < 1.29 is 9.59 Å². The largest absolute Gasteiger partial charge is 0.364 e. The number of primary amides is 1. The van der Waals surface area contributed by atoms with Gasteiger partial charge in [0.25, 0.3) is 5.91 Å². The topological polar surface area (TPSA) is 100 Å². The maximum atomic E-state index is 12.2. The predicted molar refractivity (Wildman–Crippen MR) is 75.4 cm³/mol. The summed E-state index contributed by atoms with van der Waals surface area (Å²) >= 11 is 0. The lowest BCUT2D eigenvalue weighted by Crippen LogP contribution is -2.50. The molecule has 0 saturated carbocycles. The van der Waals surface area contributed by atoms with Gasteiger partial charge in [-0.2, -0.15) is 0 Å². The van der Waals surface area contributed by atoms with Crippen molar-refractivity contribution in [2.24, 2.45) is 5.73 Å². The lowest BCUT2D eigenvalue weighted by Gasteiger charge is -2.26. The summed E-state index contributed by atoms with van der Waals surface area (Å²) in [5.41, 5.74) is 5.51. The van der Waals surface area contributed by atoms with Crippen molar-refractivity contribution in [3.8, 4) is 0 Å². The molecule has 1 aromatic heterocycles. The van der Waals surface area contributed by atoms with Crippen LogP contribution in [-0.2, 0) is 4.79 Å². The van der Waals surface area contributed by atoms with Gasteiger partial charge < -0.3 is 21.4 Å². The Morgan fingerprint density at radius 3 is 2.74 bits per heavy atom. The van der Waals surface area contributed by atoms with Gasteiger partial charge in [0, 0.05) is 6.20 Å². The molecule has 106 valence electrons. The first-order chi connectivity index (χ1) is 8.57. The fourth-order valence-electron chi connectivity index (χ4n) is 2.32. The molecule has 2 heterocycles. The molecule has 0 radical (unpaired) electrons. The summed E-state index contributed by atoms with van der Waals surface area (Å²) in [5.74, 6) is -0.600. The smallest absolute Gasteiger partial charge is 0.265 e. The van der Waals surface area contributed by atoms with Gasteiger partial charge >= 0.3 is 0 Å². The van der Waals surface area contributed by atoms with Crippen LogP contribution >= 0.6 is 12.4 Å². The molecule has 0 aromatic carbocycles. The molecule has 1 atom stereocenters. The number of amides is 2. The van der Waals surface area contributed by atoms with Gasteiger partial charge in [0.15, 0.2) is 0 Å². The van der Waals surface area contributed by atoms with Crippen molar-refractivity contribution in [3.05, 3.63) is 18.0 Å². The van der Waals surface area contributed by atoms with Crippen LogP contribution in [0.1, 0.15) is 36.7 Å². The highest BCUT2D eigenvalue weighted by molar-refractivity contribution is 5.99. The molecule has 1 fully saturated rings. The summed E-state index contributed by atoms with van der Waals surface area (Å²) < 4.78 is 0. The first-order valence-electron chi connectivity index (χ1n) is 6.12. The number of aromatic amines is 1. The number of hydrogen-bond acceptors (Lipinski definition) is 3. The molecule has 1 aliphatic heterocycles. The molecule has 1 aromatic rings. The third-order valence-corrected chi connectivity index (χ3v) is 3.49. The zero-order chi connectivity index (χ0) is 13.2. The van der Waals surface area contributed by atoms with Crippen LogP contribution in [-0.4, -0.2) is 28.9 Å². The lowest BCUT2D eigenvalue weighted by atomic mass is 9.93. The molecule has 1 aliphatic rings. The Bertz CT molecular complexity index is 466. The van der Waals surface area contributed by atoms with Crippen LogP contribution in [0.15, 0.2) is 12.3 Å². The number of nitrogens with two attached hydrogens (primary N) is 1. The van der Waals surface area contributed by atoms with E-state index in [1.807, 2.05) is 6.92 Å². The fourth-order valence-corrected chi connectivity index (χ4v) is 2.32. The Morgan fingerprint density at radius 2 is 2.26 bits per heavy atom. The van der Waals surface area contributed by atoms with Crippen LogP contribution < -0.4 is 16.4 Å². The van der Waals surface area contributed by atoms with Crippen molar-refractivity contribution in [2.45, 2.75) is 31.7 Å². The predicted octanol–water partition coefficient (Wildman–Crippen LogP) is 1.01. The highest BCUT2D eigenvalue weighted by atomic mass is 35.5. The van der Waals surface area contributed by atoms with Gasteiger partial charge in [0.2, 0.25) is 5.91 Å². The van der Waals surface area contributed by atoms with Gasteiger partial charge in [-0.1, -0.05) is 6.92 Å². The SMILES string of the molecule is CCC1(C(=O)Nc2c[nH]c(C(N)=O)c2)CCCN1.Cl. The average Bonchev–Trinajstić information content (AvgIpc) is 2.97. The van der Waals surface area contributed by atoms with E-state index in [1.54, 1.807) is 12.3 Å². The second-order valence-corrected chi connectivity index (χ2v) is 4.59. The van der Waals surface area contributed by atoms with Crippen molar-refractivity contribution in [2.75, 3.05) is 11.9 Å². The highest BCUT2D eigenvalue weighted by Gasteiger charge is 2.39.